The summed E-state index contributed by atoms with van der Waals surface area (Å²) in [5.41, 5.74) is 0.810. The van der Waals surface area contributed by atoms with Crippen LogP contribution in [0.2, 0.25) is 0 Å². The van der Waals surface area contributed by atoms with E-state index in [9.17, 15) is 39.0 Å². The van der Waals surface area contributed by atoms with Crippen LogP contribution in [0.25, 0.3) is 0 Å². The van der Waals surface area contributed by atoms with E-state index < -0.39 is 30.4 Å². The number of aliphatic hydroxyl groups is 1. The molecule has 1 aliphatic carbocycles. The molecule has 2 aliphatic rings. The lowest BCUT2D eigenvalue weighted by molar-refractivity contribution is -0.195. The van der Waals surface area contributed by atoms with Crippen molar-refractivity contribution in [2.75, 3.05) is 51.9 Å². The largest absolute Gasteiger partial charge is 0.479 e. The van der Waals surface area contributed by atoms with Crippen molar-refractivity contribution in [1.29, 1.82) is 0 Å². The van der Waals surface area contributed by atoms with Gasteiger partial charge in [0, 0.05) is 51.9 Å². The maximum Gasteiger partial charge on any atom is 0.333 e. The molecule has 3 atom stereocenters. The summed E-state index contributed by atoms with van der Waals surface area (Å²) in [6, 6.07) is 4.81. The number of rotatable bonds is 21. The van der Waals surface area contributed by atoms with Crippen molar-refractivity contribution in [3.8, 4) is 5.75 Å². The Bertz CT molecular complexity index is 1380. The fourth-order valence-corrected chi connectivity index (χ4v) is 5.73. The molecule has 294 valence electrons. The van der Waals surface area contributed by atoms with Crippen LogP contribution >= 0.6 is 0 Å². The lowest BCUT2D eigenvalue weighted by Crippen LogP contribution is -2.42. The van der Waals surface area contributed by atoms with Crippen molar-refractivity contribution in [3.63, 3.8) is 0 Å². The van der Waals surface area contributed by atoms with Crippen LogP contribution in [0.4, 0.5) is 5.69 Å². The zero-order valence-corrected chi connectivity index (χ0v) is 30.3. The maximum atomic E-state index is 13.0. The number of allylic oxidation sites excluding steroid dienone is 1. The molecule has 3 amide bonds. The number of nitrogens with one attached hydrogen (secondary N) is 2. The summed E-state index contributed by atoms with van der Waals surface area (Å²) in [5, 5.41) is 25.0. The number of aliphatic carboxylic acids is 1. The number of aldehydes is 1. The van der Waals surface area contributed by atoms with Gasteiger partial charge in [0.25, 0.3) is 0 Å². The van der Waals surface area contributed by atoms with Gasteiger partial charge >= 0.3 is 11.9 Å². The molecule has 1 aromatic rings. The van der Waals surface area contributed by atoms with Crippen molar-refractivity contribution < 1.29 is 62.7 Å². The second-order valence-corrected chi connectivity index (χ2v) is 13.0. The minimum atomic E-state index is -1.26. The highest BCUT2D eigenvalue weighted by molar-refractivity contribution is 5.93. The van der Waals surface area contributed by atoms with Gasteiger partial charge in [0.2, 0.25) is 24.0 Å². The molecule has 16 nitrogen and oxygen atoms in total. The highest BCUT2D eigenvalue weighted by Gasteiger charge is 2.34. The number of likely N-dealkylation sites (N-methyl/N-ethyl adjacent to an activating group) is 1. The number of esters is 1. The van der Waals surface area contributed by atoms with Gasteiger partial charge in [-0.1, -0.05) is 38.2 Å². The molecule has 4 N–H and O–H groups in total. The minimum absolute atomic E-state index is 0.0166. The van der Waals surface area contributed by atoms with Crippen LogP contribution in [0.5, 0.6) is 5.75 Å². The summed E-state index contributed by atoms with van der Waals surface area (Å²) in [6.45, 7) is 1.26. The van der Waals surface area contributed by atoms with Crippen LogP contribution < -0.4 is 15.4 Å². The molecule has 1 saturated carbocycles. The average molecular weight is 748 g/mol. The van der Waals surface area contributed by atoms with Crippen LogP contribution in [0.3, 0.4) is 0 Å². The zero-order chi connectivity index (χ0) is 38.4. The lowest BCUT2D eigenvalue weighted by Gasteiger charge is -2.31. The molecular formula is C37H53N3O13. The van der Waals surface area contributed by atoms with Crippen LogP contribution in [-0.4, -0.2) is 116 Å². The molecule has 3 rings (SSSR count). The van der Waals surface area contributed by atoms with Gasteiger partial charge in [-0.05, 0) is 36.6 Å². The summed E-state index contributed by atoms with van der Waals surface area (Å²) in [4.78, 5) is 73.0. The predicted molar refractivity (Wildman–Crippen MR) is 190 cm³/mol. The average Bonchev–Trinajstić information content (AvgIpc) is 3.11. The van der Waals surface area contributed by atoms with Crippen LogP contribution in [0.1, 0.15) is 76.2 Å². The number of hydrogen-bond donors (Lipinski definition) is 4. The maximum absolute atomic E-state index is 13.0. The van der Waals surface area contributed by atoms with E-state index in [1.54, 1.807) is 25.2 Å². The Morgan fingerprint density at radius 2 is 1.66 bits per heavy atom. The number of hydrogen-bond acceptors (Lipinski definition) is 12. The topological polar surface area (TPSA) is 216 Å². The quantitative estimate of drug-likeness (QED) is 0.0616. The van der Waals surface area contributed by atoms with Gasteiger partial charge in [-0.25, -0.2) is 4.79 Å². The fourth-order valence-electron chi connectivity index (χ4n) is 5.73. The van der Waals surface area contributed by atoms with Gasteiger partial charge < -0.3 is 49.4 Å². The van der Waals surface area contributed by atoms with Gasteiger partial charge in [-0.15, -0.1) is 0 Å². The third-order valence-corrected chi connectivity index (χ3v) is 8.72. The number of amides is 3. The Balaban J connectivity index is 1.45. The second kappa shape index (κ2) is 24.0. The van der Waals surface area contributed by atoms with E-state index in [4.69, 9.17) is 23.7 Å². The van der Waals surface area contributed by atoms with Crippen LogP contribution in [-0.2, 0) is 54.3 Å². The summed E-state index contributed by atoms with van der Waals surface area (Å²) < 4.78 is 27.9. The highest BCUT2D eigenvalue weighted by Crippen LogP contribution is 2.31. The molecule has 2 fully saturated rings. The Hall–Kier alpha value is -4.38. The number of carboxylic acids is 1. The predicted octanol–water partition coefficient (Wildman–Crippen LogP) is 2.50. The Kier molecular flexibility index (Phi) is 19.5. The van der Waals surface area contributed by atoms with Gasteiger partial charge in [-0.2, -0.15) is 0 Å². The molecular weight excluding hydrogens is 694 g/mol. The number of aliphatic hydroxyl groups excluding tert-OH is 1. The zero-order valence-electron chi connectivity index (χ0n) is 30.3. The fraction of sp³-hybridized carbons (Fsp3) is 0.622. The van der Waals surface area contributed by atoms with Crippen LogP contribution in [0.15, 0.2) is 30.4 Å². The van der Waals surface area contributed by atoms with E-state index in [1.807, 2.05) is 0 Å². The van der Waals surface area contributed by atoms with Gasteiger partial charge in [-0.3, -0.25) is 24.0 Å². The number of carbonyl (C=O) groups is 6. The molecule has 0 spiro atoms. The molecule has 16 heteroatoms. The third-order valence-electron chi connectivity index (χ3n) is 8.72. The van der Waals surface area contributed by atoms with Crippen LogP contribution in [0, 0.1) is 5.92 Å². The highest BCUT2D eigenvalue weighted by atomic mass is 16.7. The van der Waals surface area contributed by atoms with Gasteiger partial charge in [0.15, 0.2) is 6.10 Å². The number of benzene rings is 1. The molecule has 0 bridgehead atoms. The number of ether oxygens (including phenoxy) is 5. The smallest absolute Gasteiger partial charge is 0.333 e. The first-order valence-electron chi connectivity index (χ1n) is 18.2. The van der Waals surface area contributed by atoms with Crippen molar-refractivity contribution in [2.24, 2.45) is 5.92 Å². The molecule has 1 heterocycles. The second-order valence-electron chi connectivity index (χ2n) is 13.0. The number of carboxylic acid groups (broad SMARTS) is 1. The summed E-state index contributed by atoms with van der Waals surface area (Å²) in [5.74, 6) is -2.55. The van der Waals surface area contributed by atoms with E-state index in [0.29, 0.717) is 18.4 Å². The summed E-state index contributed by atoms with van der Waals surface area (Å²) in [7, 11) is 1.59. The number of nitrogens with zero attached hydrogens (tertiary/aromatic N) is 1. The van der Waals surface area contributed by atoms with Gasteiger partial charge in [0.1, 0.15) is 18.6 Å². The van der Waals surface area contributed by atoms with E-state index in [2.05, 4.69) is 10.6 Å². The molecule has 3 unspecified atom stereocenters. The Morgan fingerprint density at radius 1 is 0.943 bits per heavy atom. The van der Waals surface area contributed by atoms with E-state index >= 15 is 0 Å². The normalized spacial score (nSPS) is 19.4. The lowest BCUT2D eigenvalue weighted by atomic mass is 9.91. The van der Waals surface area contributed by atoms with E-state index in [-0.39, 0.29) is 100 Å². The van der Waals surface area contributed by atoms with E-state index in [1.165, 1.54) is 17.4 Å². The molecule has 0 aromatic heterocycles. The molecule has 53 heavy (non-hydrogen) atoms. The summed E-state index contributed by atoms with van der Waals surface area (Å²) in [6.07, 6.45) is 6.37. The van der Waals surface area contributed by atoms with Crippen molar-refractivity contribution >= 4 is 41.6 Å². The first kappa shape index (κ1) is 43.0. The van der Waals surface area contributed by atoms with Crippen molar-refractivity contribution in [2.45, 2.75) is 95.7 Å². The molecule has 1 aliphatic heterocycles. The first-order valence-corrected chi connectivity index (χ1v) is 18.2. The minimum Gasteiger partial charge on any atom is -0.479 e. The molecule has 1 aromatic carbocycles. The molecule has 1 saturated heterocycles. The Labute approximate surface area is 309 Å². The van der Waals surface area contributed by atoms with Gasteiger partial charge in [0.05, 0.1) is 44.1 Å². The SMILES string of the molecule is CN(CCOCCOCCC(=O)NCCC(=O)Nc1cc(COC(=O)C2CCCCCCC2)ccc1OC1CC(O)CC(C(=O)O)O1)C(=O)/C=C\C=O. The van der Waals surface area contributed by atoms with E-state index in [0.717, 1.165) is 44.6 Å². The van der Waals surface area contributed by atoms with Crippen molar-refractivity contribution in [3.05, 3.63) is 35.9 Å². The monoisotopic (exact) mass is 747 g/mol. The third kappa shape index (κ3) is 16.9. The standard InChI is InChI=1S/C37H53N3O13/c1-40(34(45)10-7-17-41)16-19-50-21-20-49-18-14-32(43)38-15-13-33(44)39-29-22-26(25-51-37(48)27-8-5-3-2-4-6-9-27)11-12-30(29)52-35-24-28(42)23-31(53-35)36(46)47/h7,10-12,17,22,27-28,31,35,42H,2-6,8-9,13-16,18-21,23-25H2,1H3,(H,38,43)(H,39,44)(H,46,47)/b10-7-. The number of anilines is 1. The summed E-state index contributed by atoms with van der Waals surface area (Å²) >= 11 is 0. The Morgan fingerprint density at radius 3 is 2.38 bits per heavy atom. The molecule has 0 radical (unpaired) electrons. The first-order chi connectivity index (χ1) is 25.5. The van der Waals surface area contributed by atoms with Crippen molar-refractivity contribution in [1.82, 2.24) is 10.2 Å². The number of carbonyl (C=O) groups excluding carboxylic acids is 5.